The Labute approximate surface area is 114 Å². The van der Waals surface area contributed by atoms with Crippen molar-refractivity contribution in [3.63, 3.8) is 0 Å². The average Bonchev–Trinajstić information content (AvgIpc) is 2.39. The van der Waals surface area contributed by atoms with E-state index in [9.17, 15) is 0 Å². The van der Waals surface area contributed by atoms with Crippen LogP contribution in [0.25, 0.3) is 0 Å². The third-order valence-electron chi connectivity index (χ3n) is 3.35. The summed E-state index contributed by atoms with van der Waals surface area (Å²) in [6.45, 7) is 16.2. The monoisotopic (exact) mass is 246 g/mol. The van der Waals surface area contributed by atoms with E-state index in [1.54, 1.807) is 5.57 Å². The van der Waals surface area contributed by atoms with Crippen molar-refractivity contribution in [2.75, 3.05) is 0 Å². The molecule has 0 unspecified atom stereocenters. The Bertz CT molecular complexity index is 326. The van der Waals surface area contributed by atoms with Gasteiger partial charge in [-0.3, -0.25) is 0 Å². The summed E-state index contributed by atoms with van der Waals surface area (Å²) in [5, 5.41) is 0. The van der Waals surface area contributed by atoms with Crippen LogP contribution in [0, 0.1) is 0 Å². The minimum Gasteiger partial charge on any atom is -0.100 e. The summed E-state index contributed by atoms with van der Waals surface area (Å²) in [5.41, 5.74) is 5.68. The summed E-state index contributed by atoms with van der Waals surface area (Å²) in [7, 11) is 0. The van der Waals surface area contributed by atoms with Crippen LogP contribution in [0.4, 0.5) is 0 Å². The van der Waals surface area contributed by atoms with Gasteiger partial charge in [-0.15, -0.1) is 6.58 Å². The minimum absolute atomic E-state index is 1.09. The van der Waals surface area contributed by atoms with E-state index in [-0.39, 0.29) is 0 Å². The highest BCUT2D eigenvalue weighted by Gasteiger charge is 2.09. The van der Waals surface area contributed by atoms with Crippen molar-refractivity contribution in [2.24, 2.45) is 0 Å². The van der Waals surface area contributed by atoms with Crippen molar-refractivity contribution < 1.29 is 0 Å². The van der Waals surface area contributed by atoms with Crippen LogP contribution in [0.2, 0.25) is 0 Å². The zero-order valence-electron chi connectivity index (χ0n) is 12.8. The molecular weight excluding hydrogens is 216 g/mol. The van der Waals surface area contributed by atoms with Gasteiger partial charge in [0.25, 0.3) is 0 Å². The van der Waals surface area contributed by atoms with Gasteiger partial charge in [0.1, 0.15) is 0 Å². The molecule has 0 saturated carbocycles. The molecule has 0 bridgehead atoms. The van der Waals surface area contributed by atoms with Crippen molar-refractivity contribution in [2.45, 2.75) is 66.2 Å². The van der Waals surface area contributed by atoms with Crippen molar-refractivity contribution in [3.8, 4) is 0 Å². The summed E-state index contributed by atoms with van der Waals surface area (Å²) in [5.74, 6) is 0. The molecule has 0 radical (unpaired) electrons. The molecule has 0 saturated heterocycles. The van der Waals surface area contributed by atoms with E-state index in [4.69, 9.17) is 0 Å². The topological polar surface area (TPSA) is 0 Å². The third kappa shape index (κ3) is 7.32. The molecule has 18 heavy (non-hydrogen) atoms. The normalized spacial score (nSPS) is 16.7. The lowest BCUT2D eigenvalue weighted by Gasteiger charge is -2.17. The molecule has 1 aliphatic carbocycles. The summed E-state index contributed by atoms with van der Waals surface area (Å²) < 4.78 is 0. The number of rotatable bonds is 4. The van der Waals surface area contributed by atoms with E-state index in [1.165, 1.54) is 36.0 Å². The predicted molar refractivity (Wildman–Crippen MR) is 84.8 cm³/mol. The molecule has 0 amide bonds. The fraction of sp³-hybridized carbons (Fsp3) is 0.556. The summed E-state index contributed by atoms with van der Waals surface area (Å²) in [6, 6.07) is 0. The zero-order valence-corrected chi connectivity index (χ0v) is 12.8. The van der Waals surface area contributed by atoms with Crippen LogP contribution in [0.5, 0.6) is 0 Å². The van der Waals surface area contributed by atoms with Gasteiger partial charge in [0.15, 0.2) is 0 Å². The van der Waals surface area contributed by atoms with Crippen LogP contribution in [0.15, 0.2) is 47.6 Å². The SMILES string of the molecule is C=C(C)CC.C=C(CC)CC1=CCCC/C1=C/C. The molecule has 0 heterocycles. The highest BCUT2D eigenvalue weighted by molar-refractivity contribution is 5.35. The first kappa shape index (κ1) is 17.0. The van der Waals surface area contributed by atoms with Crippen molar-refractivity contribution in [1.82, 2.24) is 0 Å². The Kier molecular flexibility index (Phi) is 9.36. The highest BCUT2D eigenvalue weighted by atomic mass is 14.1. The van der Waals surface area contributed by atoms with Gasteiger partial charge in [-0.2, -0.15) is 0 Å². The molecule has 0 fully saturated rings. The second-order valence-corrected chi connectivity index (χ2v) is 5.03. The van der Waals surface area contributed by atoms with E-state index >= 15 is 0 Å². The molecule has 1 rings (SSSR count). The molecule has 0 N–H and O–H groups in total. The van der Waals surface area contributed by atoms with Gasteiger partial charge < -0.3 is 0 Å². The summed E-state index contributed by atoms with van der Waals surface area (Å²) in [4.78, 5) is 0. The van der Waals surface area contributed by atoms with Gasteiger partial charge in [-0.05, 0) is 63.5 Å². The van der Waals surface area contributed by atoms with Crippen LogP contribution in [-0.2, 0) is 0 Å². The van der Waals surface area contributed by atoms with Gasteiger partial charge in [0.2, 0.25) is 0 Å². The fourth-order valence-corrected chi connectivity index (χ4v) is 1.77. The van der Waals surface area contributed by atoms with Gasteiger partial charge in [0, 0.05) is 0 Å². The highest BCUT2D eigenvalue weighted by Crippen LogP contribution is 2.28. The molecule has 1 aliphatic rings. The van der Waals surface area contributed by atoms with Gasteiger partial charge in [-0.1, -0.05) is 43.7 Å². The number of allylic oxidation sites excluding steroid dienone is 6. The molecule has 0 spiro atoms. The molecule has 0 atom stereocenters. The van der Waals surface area contributed by atoms with Gasteiger partial charge in [0.05, 0.1) is 0 Å². The first-order valence-electron chi connectivity index (χ1n) is 7.20. The molecule has 0 aromatic heterocycles. The standard InChI is InChI=1S/C13H20.C5H10/c1-4-11(3)10-13-9-7-6-8-12(13)5-2;1-4-5(2)3/h5,9H,3-4,6-8,10H2,1-2H3;2,4H2,1,3H3/b12-5-;. The molecule has 0 aromatic rings. The molecule has 102 valence electrons. The Morgan fingerprint density at radius 3 is 2.33 bits per heavy atom. The Morgan fingerprint density at radius 2 is 1.89 bits per heavy atom. The van der Waals surface area contributed by atoms with Crippen molar-refractivity contribution in [3.05, 3.63) is 47.6 Å². The average molecular weight is 246 g/mol. The number of hydrogen-bond acceptors (Lipinski definition) is 0. The van der Waals surface area contributed by atoms with Crippen molar-refractivity contribution in [1.29, 1.82) is 0 Å². The van der Waals surface area contributed by atoms with Crippen LogP contribution >= 0.6 is 0 Å². The van der Waals surface area contributed by atoms with Crippen LogP contribution in [-0.4, -0.2) is 0 Å². The third-order valence-corrected chi connectivity index (χ3v) is 3.35. The quantitative estimate of drug-likeness (QED) is 0.505. The van der Waals surface area contributed by atoms with Crippen LogP contribution in [0.1, 0.15) is 66.2 Å². The summed E-state index contributed by atoms with van der Waals surface area (Å²) in [6.07, 6.45) is 11.8. The maximum absolute atomic E-state index is 4.07. The van der Waals surface area contributed by atoms with Gasteiger partial charge >= 0.3 is 0 Å². The predicted octanol–water partition coefficient (Wildman–Crippen LogP) is 6.37. The maximum atomic E-state index is 4.07. The second-order valence-electron chi connectivity index (χ2n) is 5.03. The first-order chi connectivity index (χ1) is 8.54. The number of hydrogen-bond donors (Lipinski definition) is 0. The zero-order chi connectivity index (χ0) is 14.0. The smallest absolute Gasteiger partial charge is 0.00705 e. The molecule has 0 heteroatoms. The Balaban J connectivity index is 0.000000494. The molecular formula is C18H30. The lowest BCUT2D eigenvalue weighted by Crippen LogP contribution is -1.97. The Hall–Kier alpha value is -1.04. The van der Waals surface area contributed by atoms with Crippen LogP contribution in [0.3, 0.4) is 0 Å². The minimum atomic E-state index is 1.09. The summed E-state index contributed by atoms with van der Waals surface area (Å²) >= 11 is 0. The molecule has 0 aliphatic heterocycles. The van der Waals surface area contributed by atoms with E-state index in [0.717, 1.165) is 19.3 Å². The van der Waals surface area contributed by atoms with E-state index in [2.05, 4.69) is 46.1 Å². The Morgan fingerprint density at radius 1 is 1.28 bits per heavy atom. The van der Waals surface area contributed by atoms with E-state index in [1.807, 2.05) is 6.92 Å². The van der Waals surface area contributed by atoms with E-state index in [0.29, 0.717) is 0 Å². The first-order valence-corrected chi connectivity index (χ1v) is 7.20. The maximum Gasteiger partial charge on any atom is -0.00705 e. The van der Waals surface area contributed by atoms with Gasteiger partial charge in [-0.25, -0.2) is 0 Å². The van der Waals surface area contributed by atoms with Crippen molar-refractivity contribution >= 4 is 0 Å². The van der Waals surface area contributed by atoms with E-state index < -0.39 is 0 Å². The lowest BCUT2D eigenvalue weighted by atomic mass is 9.89. The molecule has 0 nitrogen and oxygen atoms in total. The largest absolute Gasteiger partial charge is 0.100 e. The van der Waals surface area contributed by atoms with Crippen LogP contribution < -0.4 is 0 Å². The molecule has 0 aromatic carbocycles. The lowest BCUT2D eigenvalue weighted by molar-refractivity contribution is 0.783. The second kappa shape index (κ2) is 9.94. The fourth-order valence-electron chi connectivity index (χ4n) is 1.77.